The highest BCUT2D eigenvalue weighted by molar-refractivity contribution is 6.30. The quantitative estimate of drug-likeness (QED) is 0.799. The molecule has 0 spiro atoms. The first kappa shape index (κ1) is 14.4. The number of amides is 2. The van der Waals surface area contributed by atoms with Gasteiger partial charge in [-0.2, -0.15) is 0 Å². The van der Waals surface area contributed by atoms with Gasteiger partial charge >= 0.3 is 6.03 Å². The Kier molecular flexibility index (Phi) is 4.61. The minimum absolute atomic E-state index is 0.352. The van der Waals surface area contributed by atoms with Crippen molar-refractivity contribution in [2.24, 2.45) is 0 Å². The highest BCUT2D eigenvalue weighted by Crippen LogP contribution is 2.18. The Morgan fingerprint density at radius 1 is 1.10 bits per heavy atom. The van der Waals surface area contributed by atoms with E-state index in [4.69, 9.17) is 11.6 Å². The van der Waals surface area contributed by atoms with Gasteiger partial charge < -0.3 is 15.7 Å². The van der Waals surface area contributed by atoms with Crippen LogP contribution in [0.4, 0.5) is 16.2 Å². The highest BCUT2D eigenvalue weighted by Gasteiger charge is 2.05. The number of hydrogen-bond donors (Lipinski definition) is 3. The number of anilines is 2. The van der Waals surface area contributed by atoms with E-state index in [-0.39, 0.29) is 6.03 Å². The second-order valence-corrected chi connectivity index (χ2v) is 4.82. The van der Waals surface area contributed by atoms with E-state index in [9.17, 15) is 9.90 Å². The van der Waals surface area contributed by atoms with E-state index < -0.39 is 6.10 Å². The van der Waals surface area contributed by atoms with E-state index in [2.05, 4.69) is 10.6 Å². The lowest BCUT2D eigenvalue weighted by atomic mass is 10.1. The Bertz CT molecular complexity index is 597. The molecule has 0 aliphatic rings. The molecule has 0 aliphatic carbocycles. The van der Waals surface area contributed by atoms with Crippen LogP contribution in [0.25, 0.3) is 0 Å². The Balaban J connectivity index is 2.01. The third kappa shape index (κ3) is 3.98. The molecule has 2 aromatic carbocycles. The van der Waals surface area contributed by atoms with Gasteiger partial charge in [-0.15, -0.1) is 0 Å². The molecule has 3 N–H and O–H groups in total. The molecule has 4 nitrogen and oxygen atoms in total. The normalized spacial score (nSPS) is 11.8. The number of halogens is 1. The van der Waals surface area contributed by atoms with Gasteiger partial charge in [0.1, 0.15) is 0 Å². The zero-order valence-corrected chi connectivity index (χ0v) is 11.7. The van der Waals surface area contributed by atoms with Crippen molar-refractivity contribution in [2.75, 3.05) is 10.6 Å². The maximum atomic E-state index is 11.8. The minimum Gasteiger partial charge on any atom is -0.389 e. The number of carbonyl (C=O) groups excluding carboxylic acids is 1. The van der Waals surface area contributed by atoms with Crippen molar-refractivity contribution in [3.05, 3.63) is 59.1 Å². The molecule has 104 valence electrons. The Morgan fingerprint density at radius 3 is 2.40 bits per heavy atom. The summed E-state index contributed by atoms with van der Waals surface area (Å²) in [5.41, 5.74) is 2.02. The summed E-state index contributed by atoms with van der Waals surface area (Å²) in [7, 11) is 0. The van der Waals surface area contributed by atoms with Crippen molar-refractivity contribution in [3.63, 3.8) is 0 Å². The second kappa shape index (κ2) is 6.41. The molecule has 0 heterocycles. The van der Waals surface area contributed by atoms with Crippen LogP contribution in [-0.4, -0.2) is 11.1 Å². The molecule has 1 atom stereocenters. The molecule has 0 aliphatic heterocycles. The monoisotopic (exact) mass is 290 g/mol. The van der Waals surface area contributed by atoms with Gasteiger partial charge in [-0.05, 0) is 48.9 Å². The van der Waals surface area contributed by atoms with Gasteiger partial charge in [-0.1, -0.05) is 23.7 Å². The summed E-state index contributed by atoms with van der Waals surface area (Å²) in [6.45, 7) is 1.67. The number of hydrogen-bond acceptors (Lipinski definition) is 2. The zero-order valence-electron chi connectivity index (χ0n) is 10.9. The van der Waals surface area contributed by atoms with Crippen LogP contribution < -0.4 is 10.6 Å². The van der Waals surface area contributed by atoms with Gasteiger partial charge in [-0.3, -0.25) is 0 Å². The fourth-order valence-corrected chi connectivity index (χ4v) is 1.83. The van der Waals surface area contributed by atoms with Crippen molar-refractivity contribution < 1.29 is 9.90 Å². The maximum Gasteiger partial charge on any atom is 0.323 e. The van der Waals surface area contributed by atoms with E-state index >= 15 is 0 Å². The SMILES string of the molecule is C[C@H](O)c1cccc(NC(=O)Nc2ccc(Cl)cc2)c1. The lowest BCUT2D eigenvalue weighted by molar-refractivity contribution is 0.199. The van der Waals surface area contributed by atoms with E-state index in [1.54, 1.807) is 55.5 Å². The smallest absolute Gasteiger partial charge is 0.323 e. The number of aliphatic hydroxyl groups is 1. The number of carbonyl (C=O) groups is 1. The molecule has 0 saturated heterocycles. The topological polar surface area (TPSA) is 61.4 Å². The van der Waals surface area contributed by atoms with Crippen molar-refractivity contribution >= 4 is 29.0 Å². The lowest BCUT2D eigenvalue weighted by Crippen LogP contribution is -2.19. The summed E-state index contributed by atoms with van der Waals surface area (Å²) in [6, 6.07) is 13.5. The first-order valence-electron chi connectivity index (χ1n) is 6.16. The molecule has 0 aromatic heterocycles. The van der Waals surface area contributed by atoms with Crippen LogP contribution in [0, 0.1) is 0 Å². The van der Waals surface area contributed by atoms with Gasteiger partial charge in [-0.25, -0.2) is 4.79 Å². The fraction of sp³-hybridized carbons (Fsp3) is 0.133. The molecule has 0 fully saturated rings. The third-order valence-electron chi connectivity index (χ3n) is 2.73. The molecule has 0 bridgehead atoms. The van der Waals surface area contributed by atoms with Crippen LogP contribution in [0.15, 0.2) is 48.5 Å². The van der Waals surface area contributed by atoms with Crippen LogP contribution in [0.1, 0.15) is 18.6 Å². The summed E-state index contributed by atoms with van der Waals surface area (Å²) in [6.07, 6.45) is -0.573. The predicted octanol–water partition coefficient (Wildman–Crippen LogP) is 4.04. The Morgan fingerprint density at radius 2 is 1.75 bits per heavy atom. The first-order chi connectivity index (χ1) is 9.54. The van der Waals surface area contributed by atoms with Crippen molar-refractivity contribution in [1.29, 1.82) is 0 Å². The molecule has 2 rings (SSSR count). The molecule has 0 radical (unpaired) electrons. The van der Waals surface area contributed by atoms with Gasteiger partial charge in [0.15, 0.2) is 0 Å². The molecule has 20 heavy (non-hydrogen) atoms. The summed E-state index contributed by atoms with van der Waals surface area (Å²) >= 11 is 5.77. The Labute approximate surface area is 122 Å². The molecule has 0 unspecified atom stereocenters. The number of rotatable bonds is 3. The molecule has 5 heteroatoms. The minimum atomic E-state index is -0.573. The number of urea groups is 1. The summed E-state index contributed by atoms with van der Waals surface area (Å²) in [5.74, 6) is 0. The van der Waals surface area contributed by atoms with Crippen LogP contribution in [-0.2, 0) is 0 Å². The van der Waals surface area contributed by atoms with Crippen LogP contribution in [0.2, 0.25) is 5.02 Å². The Hall–Kier alpha value is -2.04. The largest absolute Gasteiger partial charge is 0.389 e. The predicted molar refractivity (Wildman–Crippen MR) is 81.2 cm³/mol. The molecule has 2 amide bonds. The average Bonchev–Trinajstić information content (AvgIpc) is 2.41. The van der Waals surface area contributed by atoms with Gasteiger partial charge in [0.25, 0.3) is 0 Å². The molecular weight excluding hydrogens is 276 g/mol. The average molecular weight is 291 g/mol. The summed E-state index contributed by atoms with van der Waals surface area (Å²) < 4.78 is 0. The molecular formula is C15H15ClN2O2. The number of aliphatic hydroxyl groups excluding tert-OH is 1. The summed E-state index contributed by atoms with van der Waals surface area (Å²) in [5, 5.41) is 15.5. The van der Waals surface area contributed by atoms with Crippen molar-refractivity contribution in [3.8, 4) is 0 Å². The van der Waals surface area contributed by atoms with E-state index in [0.717, 1.165) is 5.56 Å². The third-order valence-corrected chi connectivity index (χ3v) is 2.98. The van der Waals surface area contributed by atoms with Crippen LogP contribution in [0.5, 0.6) is 0 Å². The van der Waals surface area contributed by atoms with E-state index in [1.807, 2.05) is 0 Å². The standard InChI is InChI=1S/C15H15ClN2O2/c1-10(19)11-3-2-4-14(9-11)18-15(20)17-13-7-5-12(16)6-8-13/h2-10,19H,1H3,(H2,17,18,20)/t10-/m0/s1. The van der Waals surface area contributed by atoms with Gasteiger partial charge in [0.05, 0.1) is 6.10 Å². The summed E-state index contributed by atoms with van der Waals surface area (Å²) in [4.78, 5) is 11.8. The van der Waals surface area contributed by atoms with Crippen LogP contribution >= 0.6 is 11.6 Å². The first-order valence-corrected chi connectivity index (χ1v) is 6.54. The lowest BCUT2D eigenvalue weighted by Gasteiger charge is -2.10. The number of benzene rings is 2. The van der Waals surface area contributed by atoms with E-state index in [0.29, 0.717) is 16.4 Å². The van der Waals surface area contributed by atoms with Crippen molar-refractivity contribution in [2.45, 2.75) is 13.0 Å². The maximum absolute atomic E-state index is 11.8. The fourth-order valence-electron chi connectivity index (χ4n) is 1.70. The van der Waals surface area contributed by atoms with Gasteiger partial charge in [0.2, 0.25) is 0 Å². The zero-order chi connectivity index (χ0) is 14.5. The van der Waals surface area contributed by atoms with Crippen molar-refractivity contribution in [1.82, 2.24) is 0 Å². The van der Waals surface area contributed by atoms with Gasteiger partial charge in [0, 0.05) is 16.4 Å². The van der Waals surface area contributed by atoms with Crippen LogP contribution in [0.3, 0.4) is 0 Å². The van der Waals surface area contributed by atoms with E-state index in [1.165, 1.54) is 0 Å². The second-order valence-electron chi connectivity index (χ2n) is 4.39. The number of nitrogens with one attached hydrogen (secondary N) is 2. The molecule has 2 aromatic rings. The highest BCUT2D eigenvalue weighted by atomic mass is 35.5. The molecule has 0 saturated carbocycles.